The Kier molecular flexibility index (Phi) is 5.76. The topological polar surface area (TPSA) is 35.6 Å². The van der Waals surface area contributed by atoms with Crippen LogP contribution < -0.4 is 5.32 Å². The number of thiophene rings is 1. The number of fused-ring (bicyclic) bond motifs is 1. The van der Waals surface area contributed by atoms with Gasteiger partial charge >= 0.3 is 0 Å². The van der Waals surface area contributed by atoms with Gasteiger partial charge in [-0.25, -0.2) is 0 Å². The number of carbonyl (C=O) groups is 1. The van der Waals surface area contributed by atoms with Crippen LogP contribution in [0, 0.1) is 13.8 Å². The van der Waals surface area contributed by atoms with Gasteiger partial charge in [-0.15, -0.1) is 11.3 Å². The first-order valence-electron chi connectivity index (χ1n) is 9.86. The van der Waals surface area contributed by atoms with Crippen LogP contribution in [0.2, 0.25) is 0 Å². The van der Waals surface area contributed by atoms with Crippen molar-refractivity contribution in [2.24, 2.45) is 0 Å². The van der Waals surface area contributed by atoms with Crippen molar-refractivity contribution in [2.45, 2.75) is 20.4 Å². The Bertz CT molecular complexity index is 973. The molecular formula is C23H27N3OS. The third-order valence-corrected chi connectivity index (χ3v) is 6.68. The van der Waals surface area contributed by atoms with Crippen LogP contribution in [0.5, 0.6) is 0 Å². The molecule has 1 aliphatic rings. The Labute approximate surface area is 170 Å². The zero-order valence-electron chi connectivity index (χ0n) is 16.6. The molecule has 146 valence electrons. The number of piperazine rings is 1. The quantitative estimate of drug-likeness (QED) is 0.703. The van der Waals surface area contributed by atoms with Crippen LogP contribution >= 0.6 is 11.3 Å². The van der Waals surface area contributed by atoms with Crippen molar-refractivity contribution < 1.29 is 4.79 Å². The van der Waals surface area contributed by atoms with Gasteiger partial charge < -0.3 is 5.32 Å². The van der Waals surface area contributed by atoms with Gasteiger partial charge in [-0.2, -0.15) is 0 Å². The number of aryl methyl sites for hydroxylation is 1. The monoisotopic (exact) mass is 393 g/mol. The fourth-order valence-electron chi connectivity index (χ4n) is 3.78. The second-order valence-corrected chi connectivity index (χ2v) is 8.52. The molecule has 0 bridgehead atoms. The summed E-state index contributed by atoms with van der Waals surface area (Å²) in [6.45, 7) is 9.44. The van der Waals surface area contributed by atoms with Gasteiger partial charge in [-0.05, 0) is 53.4 Å². The van der Waals surface area contributed by atoms with Crippen LogP contribution in [0.3, 0.4) is 0 Å². The maximum Gasteiger partial charge on any atom is 0.238 e. The molecule has 1 fully saturated rings. The van der Waals surface area contributed by atoms with Crippen LogP contribution in [0.1, 0.15) is 16.7 Å². The largest absolute Gasteiger partial charge is 0.325 e. The van der Waals surface area contributed by atoms with Crippen molar-refractivity contribution in [2.75, 3.05) is 38.0 Å². The van der Waals surface area contributed by atoms with Crippen LogP contribution in [0.15, 0.2) is 47.8 Å². The second-order valence-electron chi connectivity index (χ2n) is 7.61. The zero-order valence-corrected chi connectivity index (χ0v) is 17.4. The van der Waals surface area contributed by atoms with Gasteiger partial charge in [0.05, 0.1) is 6.54 Å². The molecular weight excluding hydrogens is 366 g/mol. The minimum atomic E-state index is 0.0750. The van der Waals surface area contributed by atoms with Crippen molar-refractivity contribution >= 4 is 33.0 Å². The zero-order chi connectivity index (χ0) is 19.5. The molecule has 1 amide bonds. The standard InChI is InChI=1S/C23H27N3OS/c1-17-6-5-8-21(18(17)2)24-23(27)15-26-12-10-25(11-13-26)14-19-16-28-22-9-4-3-7-20(19)22/h3-9,16H,10-15H2,1-2H3,(H,24,27). The van der Waals surface area contributed by atoms with Crippen molar-refractivity contribution in [1.82, 2.24) is 9.80 Å². The highest BCUT2D eigenvalue weighted by molar-refractivity contribution is 7.17. The van der Waals surface area contributed by atoms with Gasteiger partial charge in [-0.3, -0.25) is 14.6 Å². The molecule has 0 atom stereocenters. The van der Waals surface area contributed by atoms with Gasteiger partial charge in [0.1, 0.15) is 0 Å². The van der Waals surface area contributed by atoms with E-state index >= 15 is 0 Å². The lowest BCUT2D eigenvalue weighted by atomic mass is 10.1. The van der Waals surface area contributed by atoms with Crippen LogP contribution in [-0.2, 0) is 11.3 Å². The van der Waals surface area contributed by atoms with E-state index in [2.05, 4.69) is 64.7 Å². The Morgan fingerprint density at radius 1 is 1.00 bits per heavy atom. The first kappa shape index (κ1) is 19.1. The van der Waals surface area contributed by atoms with E-state index in [0.29, 0.717) is 6.54 Å². The number of hydrogen-bond acceptors (Lipinski definition) is 4. The number of hydrogen-bond donors (Lipinski definition) is 1. The SMILES string of the molecule is Cc1cccc(NC(=O)CN2CCN(Cc3csc4ccccc34)CC2)c1C. The average molecular weight is 394 g/mol. The fraction of sp³-hybridized carbons (Fsp3) is 0.348. The molecule has 2 aromatic carbocycles. The summed E-state index contributed by atoms with van der Waals surface area (Å²) >= 11 is 1.82. The average Bonchev–Trinajstić information content (AvgIpc) is 3.10. The lowest BCUT2D eigenvalue weighted by Crippen LogP contribution is -2.48. The van der Waals surface area contributed by atoms with Crippen LogP contribution in [0.4, 0.5) is 5.69 Å². The Hall–Kier alpha value is -2.21. The lowest BCUT2D eigenvalue weighted by molar-refractivity contribution is -0.117. The summed E-state index contributed by atoms with van der Waals surface area (Å²) in [7, 11) is 0. The van der Waals surface area contributed by atoms with Crippen molar-refractivity contribution in [3.05, 3.63) is 64.5 Å². The number of rotatable bonds is 5. The number of nitrogens with one attached hydrogen (secondary N) is 1. The predicted octanol–water partition coefficient (Wildman–Crippen LogP) is 4.27. The van der Waals surface area contributed by atoms with E-state index in [9.17, 15) is 4.79 Å². The van der Waals surface area contributed by atoms with Crippen molar-refractivity contribution in [3.63, 3.8) is 0 Å². The first-order chi connectivity index (χ1) is 13.6. The molecule has 4 rings (SSSR count). The van der Waals surface area contributed by atoms with Gasteiger partial charge in [0.15, 0.2) is 0 Å². The molecule has 0 aliphatic carbocycles. The third-order valence-electron chi connectivity index (χ3n) is 5.67. The summed E-state index contributed by atoms with van der Waals surface area (Å²) in [4.78, 5) is 17.2. The van der Waals surface area contributed by atoms with Crippen LogP contribution in [0.25, 0.3) is 10.1 Å². The van der Waals surface area contributed by atoms with Crippen LogP contribution in [-0.4, -0.2) is 48.4 Å². The lowest BCUT2D eigenvalue weighted by Gasteiger charge is -2.34. The summed E-state index contributed by atoms with van der Waals surface area (Å²) in [5.41, 5.74) is 4.69. The van der Waals surface area contributed by atoms with E-state index in [-0.39, 0.29) is 5.91 Å². The number of anilines is 1. The van der Waals surface area contributed by atoms with E-state index in [4.69, 9.17) is 0 Å². The molecule has 0 radical (unpaired) electrons. The summed E-state index contributed by atoms with van der Waals surface area (Å²) in [6, 6.07) is 14.7. The fourth-order valence-corrected chi connectivity index (χ4v) is 4.73. The van der Waals surface area contributed by atoms with E-state index < -0.39 is 0 Å². The maximum absolute atomic E-state index is 12.5. The van der Waals surface area contributed by atoms with Gasteiger partial charge in [-0.1, -0.05) is 30.3 Å². The smallest absolute Gasteiger partial charge is 0.238 e. The highest BCUT2D eigenvalue weighted by Crippen LogP contribution is 2.27. The summed E-state index contributed by atoms with van der Waals surface area (Å²) in [5.74, 6) is 0.0750. The third kappa shape index (κ3) is 4.27. The molecule has 0 spiro atoms. The van der Waals surface area contributed by atoms with E-state index in [0.717, 1.165) is 44.0 Å². The summed E-state index contributed by atoms with van der Waals surface area (Å²) in [6.07, 6.45) is 0. The maximum atomic E-state index is 12.5. The molecule has 0 saturated carbocycles. The molecule has 1 N–H and O–H groups in total. The predicted molar refractivity (Wildman–Crippen MR) is 118 cm³/mol. The molecule has 1 aromatic heterocycles. The Balaban J connectivity index is 1.28. The molecule has 1 saturated heterocycles. The minimum absolute atomic E-state index is 0.0750. The number of nitrogens with zero attached hydrogens (tertiary/aromatic N) is 2. The second kappa shape index (κ2) is 8.43. The molecule has 3 aromatic rings. The Morgan fingerprint density at radius 2 is 1.75 bits per heavy atom. The molecule has 1 aliphatic heterocycles. The molecule has 28 heavy (non-hydrogen) atoms. The highest BCUT2D eigenvalue weighted by atomic mass is 32.1. The Morgan fingerprint density at radius 3 is 2.57 bits per heavy atom. The van der Waals surface area contributed by atoms with Gasteiger partial charge in [0.25, 0.3) is 0 Å². The van der Waals surface area contributed by atoms with E-state index in [1.54, 1.807) is 0 Å². The molecule has 2 heterocycles. The molecule has 5 heteroatoms. The van der Waals surface area contributed by atoms with Crippen molar-refractivity contribution in [3.8, 4) is 0 Å². The normalized spacial score (nSPS) is 15.8. The summed E-state index contributed by atoms with van der Waals surface area (Å²) < 4.78 is 1.36. The number of benzene rings is 2. The van der Waals surface area contributed by atoms with Gasteiger partial charge in [0.2, 0.25) is 5.91 Å². The number of amides is 1. The first-order valence-corrected chi connectivity index (χ1v) is 10.7. The van der Waals surface area contributed by atoms with E-state index in [1.165, 1.54) is 21.2 Å². The minimum Gasteiger partial charge on any atom is -0.325 e. The van der Waals surface area contributed by atoms with E-state index in [1.807, 2.05) is 23.5 Å². The molecule has 0 unspecified atom stereocenters. The van der Waals surface area contributed by atoms with Crippen molar-refractivity contribution in [1.29, 1.82) is 0 Å². The highest BCUT2D eigenvalue weighted by Gasteiger charge is 2.20. The summed E-state index contributed by atoms with van der Waals surface area (Å²) in [5, 5.41) is 6.74. The molecule has 4 nitrogen and oxygen atoms in total. The van der Waals surface area contributed by atoms with Gasteiger partial charge in [0, 0.05) is 43.1 Å². The number of carbonyl (C=O) groups excluding carboxylic acids is 1.